The van der Waals surface area contributed by atoms with Gasteiger partial charge in [0.05, 0.1) is 20.7 Å². The maximum absolute atomic E-state index is 13.9. The van der Waals surface area contributed by atoms with E-state index < -0.39 is 21.4 Å². The predicted molar refractivity (Wildman–Crippen MR) is 81.6 cm³/mol. The summed E-state index contributed by atoms with van der Waals surface area (Å²) in [6.07, 6.45) is 0. The smallest absolute Gasteiger partial charge is 0.182 e. The van der Waals surface area contributed by atoms with Gasteiger partial charge in [-0.1, -0.05) is 35.3 Å². The summed E-state index contributed by atoms with van der Waals surface area (Å²) in [6, 6.07) is 8.25. The molecule has 2 rings (SSSR count). The molecule has 112 valence electrons. The third-order valence-electron chi connectivity index (χ3n) is 2.95. The largest absolute Gasteiger partial charge is 0.326 e. The minimum atomic E-state index is -3.71. The molecule has 0 saturated carbocycles. The zero-order chi connectivity index (χ0) is 15.6. The van der Waals surface area contributed by atoms with Crippen molar-refractivity contribution in [2.45, 2.75) is 17.2 Å². The first kappa shape index (κ1) is 16.2. The van der Waals surface area contributed by atoms with Crippen LogP contribution in [0.2, 0.25) is 10.0 Å². The summed E-state index contributed by atoms with van der Waals surface area (Å²) < 4.78 is 38.4. The lowest BCUT2D eigenvalue weighted by atomic mass is 10.1. The highest BCUT2D eigenvalue weighted by Crippen LogP contribution is 2.27. The molecule has 2 N–H and O–H groups in total. The SMILES string of the molecule is NCc1ccc(CS(=O)(=O)c2ccc(Cl)c(Cl)c2)c(F)c1. The molecule has 21 heavy (non-hydrogen) atoms. The van der Waals surface area contributed by atoms with E-state index in [2.05, 4.69) is 0 Å². The van der Waals surface area contributed by atoms with Crippen LogP contribution in [0.3, 0.4) is 0 Å². The molecule has 0 aliphatic rings. The third kappa shape index (κ3) is 3.74. The standard InChI is InChI=1S/C14H12Cl2FNO2S/c15-12-4-3-11(6-13(12)16)21(19,20)8-10-2-1-9(7-18)5-14(10)17/h1-6H,7-8,18H2. The van der Waals surface area contributed by atoms with Gasteiger partial charge in [-0.3, -0.25) is 0 Å². The fraction of sp³-hybridized carbons (Fsp3) is 0.143. The van der Waals surface area contributed by atoms with Gasteiger partial charge in [0.2, 0.25) is 0 Å². The van der Waals surface area contributed by atoms with Crippen molar-refractivity contribution in [3.63, 3.8) is 0 Å². The van der Waals surface area contributed by atoms with Crippen molar-refractivity contribution >= 4 is 33.0 Å². The van der Waals surface area contributed by atoms with Crippen LogP contribution in [0, 0.1) is 5.82 Å². The summed E-state index contributed by atoms with van der Waals surface area (Å²) in [7, 11) is -3.71. The molecule has 0 unspecified atom stereocenters. The van der Waals surface area contributed by atoms with Crippen LogP contribution in [-0.4, -0.2) is 8.42 Å². The van der Waals surface area contributed by atoms with Crippen molar-refractivity contribution in [3.05, 3.63) is 63.4 Å². The quantitative estimate of drug-likeness (QED) is 0.919. The molecule has 0 saturated heterocycles. The number of hydrogen-bond acceptors (Lipinski definition) is 3. The number of benzene rings is 2. The van der Waals surface area contributed by atoms with E-state index in [1.165, 1.54) is 30.3 Å². The second-order valence-electron chi connectivity index (χ2n) is 4.46. The van der Waals surface area contributed by atoms with Crippen molar-refractivity contribution in [1.82, 2.24) is 0 Å². The van der Waals surface area contributed by atoms with Gasteiger partial charge >= 0.3 is 0 Å². The Morgan fingerprint density at radius 3 is 2.33 bits per heavy atom. The summed E-state index contributed by atoms with van der Waals surface area (Å²) >= 11 is 11.6. The van der Waals surface area contributed by atoms with Crippen LogP contribution < -0.4 is 5.73 Å². The number of nitrogens with two attached hydrogens (primary N) is 1. The molecule has 0 aliphatic carbocycles. The fourth-order valence-corrected chi connectivity index (χ4v) is 3.54. The van der Waals surface area contributed by atoms with Gasteiger partial charge in [-0.05, 0) is 29.8 Å². The first-order chi connectivity index (χ1) is 9.83. The molecule has 0 radical (unpaired) electrons. The number of hydrogen-bond donors (Lipinski definition) is 1. The normalized spacial score (nSPS) is 11.6. The molecule has 2 aromatic rings. The molecule has 0 aromatic heterocycles. The summed E-state index contributed by atoms with van der Waals surface area (Å²) in [4.78, 5) is -0.000739. The molecule has 0 amide bonds. The maximum Gasteiger partial charge on any atom is 0.182 e. The Morgan fingerprint density at radius 2 is 1.76 bits per heavy atom. The van der Waals surface area contributed by atoms with E-state index in [-0.39, 0.29) is 27.0 Å². The van der Waals surface area contributed by atoms with Crippen LogP contribution >= 0.6 is 23.2 Å². The topological polar surface area (TPSA) is 60.2 Å². The Kier molecular flexibility index (Phi) is 4.88. The first-order valence-electron chi connectivity index (χ1n) is 5.98. The van der Waals surface area contributed by atoms with Crippen molar-refractivity contribution < 1.29 is 12.8 Å². The predicted octanol–water partition coefficient (Wildman–Crippen LogP) is 3.57. The molecule has 0 aliphatic heterocycles. The molecular weight excluding hydrogens is 336 g/mol. The highest BCUT2D eigenvalue weighted by Gasteiger charge is 2.19. The van der Waals surface area contributed by atoms with E-state index in [4.69, 9.17) is 28.9 Å². The van der Waals surface area contributed by atoms with Gasteiger partial charge in [0, 0.05) is 12.1 Å². The minimum Gasteiger partial charge on any atom is -0.326 e. The van der Waals surface area contributed by atoms with Gasteiger partial charge in [-0.2, -0.15) is 0 Å². The summed E-state index contributed by atoms with van der Waals surface area (Å²) in [6.45, 7) is 0.191. The van der Waals surface area contributed by atoms with Crippen LogP contribution in [0.15, 0.2) is 41.3 Å². The van der Waals surface area contributed by atoms with E-state index in [1.807, 2.05) is 0 Å². The maximum atomic E-state index is 13.9. The first-order valence-corrected chi connectivity index (χ1v) is 8.39. The monoisotopic (exact) mass is 347 g/mol. The average molecular weight is 348 g/mol. The van der Waals surface area contributed by atoms with Gasteiger partial charge in [-0.15, -0.1) is 0 Å². The molecule has 0 heterocycles. The highest BCUT2D eigenvalue weighted by atomic mass is 35.5. The van der Waals surface area contributed by atoms with Gasteiger partial charge < -0.3 is 5.73 Å². The number of halogens is 3. The van der Waals surface area contributed by atoms with Crippen LogP contribution in [0.4, 0.5) is 4.39 Å². The number of sulfone groups is 1. The molecule has 3 nitrogen and oxygen atoms in total. The summed E-state index contributed by atoms with van der Waals surface area (Å²) in [5.74, 6) is -1.05. The molecule has 0 atom stereocenters. The van der Waals surface area contributed by atoms with Crippen molar-refractivity contribution in [2.24, 2.45) is 5.73 Å². The van der Waals surface area contributed by atoms with Gasteiger partial charge in [0.15, 0.2) is 9.84 Å². The lowest BCUT2D eigenvalue weighted by Crippen LogP contribution is -2.07. The fourth-order valence-electron chi connectivity index (χ4n) is 1.79. The summed E-state index contributed by atoms with van der Waals surface area (Å²) in [5.41, 5.74) is 6.09. The van der Waals surface area contributed by atoms with Gasteiger partial charge in [0.1, 0.15) is 5.82 Å². The zero-order valence-electron chi connectivity index (χ0n) is 10.8. The highest BCUT2D eigenvalue weighted by molar-refractivity contribution is 7.90. The Labute approximate surface area is 132 Å². The van der Waals surface area contributed by atoms with Crippen LogP contribution in [0.1, 0.15) is 11.1 Å². The van der Waals surface area contributed by atoms with Crippen LogP contribution in [0.25, 0.3) is 0 Å². The molecule has 0 spiro atoms. The average Bonchev–Trinajstić information content (AvgIpc) is 2.43. The van der Waals surface area contributed by atoms with Gasteiger partial charge in [0.25, 0.3) is 0 Å². The Bertz CT molecular complexity index is 779. The second-order valence-corrected chi connectivity index (χ2v) is 7.27. The second kappa shape index (κ2) is 6.32. The van der Waals surface area contributed by atoms with Crippen LogP contribution in [-0.2, 0) is 22.1 Å². The van der Waals surface area contributed by atoms with Gasteiger partial charge in [-0.25, -0.2) is 12.8 Å². The van der Waals surface area contributed by atoms with E-state index >= 15 is 0 Å². The van der Waals surface area contributed by atoms with E-state index in [9.17, 15) is 12.8 Å². The lowest BCUT2D eigenvalue weighted by molar-refractivity contribution is 0.586. The Morgan fingerprint density at radius 1 is 1.05 bits per heavy atom. The Balaban J connectivity index is 2.35. The zero-order valence-corrected chi connectivity index (χ0v) is 13.1. The van der Waals surface area contributed by atoms with E-state index in [0.29, 0.717) is 5.56 Å². The Hall–Kier alpha value is -1.14. The molecular formula is C14H12Cl2FNO2S. The lowest BCUT2D eigenvalue weighted by Gasteiger charge is -2.08. The molecule has 7 heteroatoms. The molecule has 0 bridgehead atoms. The van der Waals surface area contributed by atoms with Crippen LogP contribution in [0.5, 0.6) is 0 Å². The van der Waals surface area contributed by atoms with E-state index in [0.717, 1.165) is 0 Å². The molecule has 2 aromatic carbocycles. The van der Waals surface area contributed by atoms with Crippen molar-refractivity contribution in [2.75, 3.05) is 0 Å². The third-order valence-corrected chi connectivity index (χ3v) is 5.35. The minimum absolute atomic E-state index is 0.000739. The molecule has 0 fully saturated rings. The van der Waals surface area contributed by atoms with Crippen molar-refractivity contribution in [1.29, 1.82) is 0 Å². The van der Waals surface area contributed by atoms with E-state index in [1.54, 1.807) is 6.07 Å². The summed E-state index contributed by atoms with van der Waals surface area (Å²) in [5, 5.41) is 0.394. The van der Waals surface area contributed by atoms with Crippen molar-refractivity contribution in [3.8, 4) is 0 Å². The number of rotatable bonds is 4.